The zero-order chi connectivity index (χ0) is 13.6. The van der Waals surface area contributed by atoms with Crippen molar-refractivity contribution in [2.75, 3.05) is 23.5 Å². The Morgan fingerprint density at radius 2 is 2.16 bits per heavy atom. The predicted octanol–water partition coefficient (Wildman–Crippen LogP) is 0.390. The zero-order valence-electron chi connectivity index (χ0n) is 10.4. The quantitative estimate of drug-likeness (QED) is 0.796. The lowest BCUT2D eigenvalue weighted by Gasteiger charge is -2.21. The first-order chi connectivity index (χ1) is 9.00. The molecule has 3 rings (SSSR count). The van der Waals surface area contributed by atoms with Crippen molar-refractivity contribution in [2.45, 2.75) is 12.1 Å². The Morgan fingerprint density at radius 1 is 1.37 bits per heavy atom. The molecule has 2 amide bonds. The molecular formula is C12H14N2O4S. The number of nitrogens with one attached hydrogen (secondary N) is 1. The molecule has 0 radical (unpaired) electrons. The lowest BCUT2D eigenvalue weighted by molar-refractivity contribution is 0.251. The summed E-state index contributed by atoms with van der Waals surface area (Å²) < 4.78 is 28.4. The van der Waals surface area contributed by atoms with Gasteiger partial charge < -0.3 is 10.1 Å². The van der Waals surface area contributed by atoms with E-state index in [0.29, 0.717) is 11.4 Å². The van der Waals surface area contributed by atoms with Crippen LogP contribution >= 0.6 is 0 Å². The van der Waals surface area contributed by atoms with Crippen LogP contribution in [0, 0.1) is 0 Å². The van der Waals surface area contributed by atoms with E-state index in [1.807, 2.05) is 0 Å². The van der Waals surface area contributed by atoms with E-state index in [0.717, 1.165) is 0 Å². The third-order valence-corrected chi connectivity index (χ3v) is 5.23. The molecule has 0 saturated carbocycles. The number of amides is 2. The van der Waals surface area contributed by atoms with Crippen LogP contribution in [0.1, 0.15) is 0 Å². The van der Waals surface area contributed by atoms with Gasteiger partial charge in [-0.1, -0.05) is 6.07 Å². The second kappa shape index (κ2) is 4.12. The molecule has 1 aromatic carbocycles. The van der Waals surface area contributed by atoms with Gasteiger partial charge in [-0.2, -0.15) is 0 Å². The van der Waals surface area contributed by atoms with Gasteiger partial charge in [-0.05, 0) is 12.1 Å². The number of hydrogen-bond acceptors (Lipinski definition) is 4. The fourth-order valence-corrected chi connectivity index (χ4v) is 4.56. The fourth-order valence-electron chi connectivity index (χ4n) is 2.67. The van der Waals surface area contributed by atoms with Gasteiger partial charge in [0.1, 0.15) is 5.75 Å². The summed E-state index contributed by atoms with van der Waals surface area (Å²) in [5.74, 6) is 0.659. The summed E-state index contributed by atoms with van der Waals surface area (Å²) in [5, 5.41) is 2.72. The minimum atomic E-state index is -3.07. The Labute approximate surface area is 111 Å². The standard InChI is InChI=1S/C12H14N2O4S/c1-18-9-4-2-3-8(5-9)14-11-7-19(16,17)6-10(11)13-12(14)15/h2-5,10-11H,6-7H2,1H3,(H,13,15)/t10-,11-/m1/s1. The van der Waals surface area contributed by atoms with E-state index in [1.54, 1.807) is 31.4 Å². The number of fused-ring (bicyclic) bond motifs is 1. The summed E-state index contributed by atoms with van der Waals surface area (Å²) in [4.78, 5) is 13.5. The lowest BCUT2D eigenvalue weighted by Crippen LogP contribution is -2.36. The number of urea groups is 1. The number of rotatable bonds is 2. The first kappa shape index (κ1) is 12.3. The topological polar surface area (TPSA) is 75.7 Å². The van der Waals surface area contributed by atoms with E-state index < -0.39 is 9.84 Å². The van der Waals surface area contributed by atoms with Crippen molar-refractivity contribution in [1.82, 2.24) is 5.32 Å². The molecule has 0 bridgehead atoms. The molecule has 2 fully saturated rings. The Hall–Kier alpha value is -1.76. The van der Waals surface area contributed by atoms with Gasteiger partial charge >= 0.3 is 6.03 Å². The first-order valence-corrected chi connectivity index (χ1v) is 7.76. The van der Waals surface area contributed by atoms with E-state index in [1.165, 1.54) is 4.90 Å². The smallest absolute Gasteiger partial charge is 0.322 e. The van der Waals surface area contributed by atoms with E-state index in [-0.39, 0.29) is 29.6 Å². The molecule has 2 saturated heterocycles. The number of carbonyl (C=O) groups is 1. The molecule has 7 heteroatoms. The number of nitrogens with zero attached hydrogens (tertiary/aromatic N) is 1. The maximum atomic E-state index is 12.0. The molecule has 1 aromatic rings. The average Bonchev–Trinajstić information content (AvgIpc) is 2.79. The van der Waals surface area contributed by atoms with E-state index in [2.05, 4.69) is 5.32 Å². The Bertz CT molecular complexity index is 628. The fraction of sp³-hybridized carbons (Fsp3) is 0.417. The highest BCUT2D eigenvalue weighted by atomic mass is 32.2. The van der Waals surface area contributed by atoms with Crippen LogP contribution < -0.4 is 15.0 Å². The molecule has 0 aliphatic carbocycles. The van der Waals surface area contributed by atoms with E-state index in [4.69, 9.17) is 4.74 Å². The van der Waals surface area contributed by atoms with Gasteiger partial charge in [0.2, 0.25) is 0 Å². The highest BCUT2D eigenvalue weighted by molar-refractivity contribution is 7.91. The van der Waals surface area contributed by atoms with Crippen molar-refractivity contribution in [3.05, 3.63) is 24.3 Å². The Balaban J connectivity index is 1.97. The zero-order valence-corrected chi connectivity index (χ0v) is 11.2. The van der Waals surface area contributed by atoms with Crippen LogP contribution in [0.3, 0.4) is 0 Å². The van der Waals surface area contributed by atoms with Crippen molar-refractivity contribution in [2.24, 2.45) is 0 Å². The Kier molecular flexibility index (Phi) is 2.67. The molecular weight excluding hydrogens is 268 g/mol. The molecule has 0 spiro atoms. The van der Waals surface area contributed by atoms with Crippen LogP contribution in [0.25, 0.3) is 0 Å². The largest absolute Gasteiger partial charge is 0.497 e. The minimum Gasteiger partial charge on any atom is -0.497 e. The normalized spacial score (nSPS) is 28.1. The molecule has 0 aromatic heterocycles. The highest BCUT2D eigenvalue weighted by Gasteiger charge is 2.49. The van der Waals surface area contributed by atoms with Crippen molar-refractivity contribution < 1.29 is 17.9 Å². The van der Waals surface area contributed by atoms with E-state index >= 15 is 0 Å². The van der Waals surface area contributed by atoms with Gasteiger partial charge in [-0.3, -0.25) is 4.90 Å². The number of methoxy groups -OCH3 is 1. The summed E-state index contributed by atoms with van der Waals surface area (Å²) in [6.45, 7) is 0. The Morgan fingerprint density at radius 3 is 2.89 bits per heavy atom. The van der Waals surface area contributed by atoms with Gasteiger partial charge in [-0.25, -0.2) is 13.2 Å². The van der Waals surface area contributed by atoms with Crippen LogP contribution in [0.15, 0.2) is 24.3 Å². The molecule has 6 nitrogen and oxygen atoms in total. The maximum Gasteiger partial charge on any atom is 0.322 e. The number of sulfone groups is 1. The van der Waals surface area contributed by atoms with Gasteiger partial charge in [0.05, 0.1) is 30.7 Å². The summed E-state index contributed by atoms with van der Waals surface area (Å²) in [6, 6.07) is 6.16. The SMILES string of the molecule is COc1cccc(N2C(=O)N[C@@H]3CS(=O)(=O)C[C@H]32)c1. The van der Waals surface area contributed by atoms with Crippen LogP contribution in [0.2, 0.25) is 0 Å². The number of anilines is 1. The van der Waals surface area contributed by atoms with Crippen molar-refractivity contribution in [1.29, 1.82) is 0 Å². The summed E-state index contributed by atoms with van der Waals surface area (Å²) in [6.07, 6.45) is 0. The monoisotopic (exact) mass is 282 g/mol. The number of benzene rings is 1. The van der Waals surface area contributed by atoms with Gasteiger partial charge in [0, 0.05) is 11.8 Å². The highest BCUT2D eigenvalue weighted by Crippen LogP contribution is 2.31. The second-order valence-electron chi connectivity index (χ2n) is 4.77. The third-order valence-electron chi connectivity index (χ3n) is 3.51. The second-order valence-corrected chi connectivity index (χ2v) is 6.93. The van der Waals surface area contributed by atoms with E-state index in [9.17, 15) is 13.2 Å². The first-order valence-electron chi connectivity index (χ1n) is 5.94. The molecule has 0 unspecified atom stereocenters. The van der Waals surface area contributed by atoms with Crippen molar-refractivity contribution >= 4 is 21.6 Å². The summed E-state index contributed by atoms with van der Waals surface area (Å²) in [7, 11) is -1.53. The number of ether oxygens (including phenoxy) is 1. The van der Waals surface area contributed by atoms with Gasteiger partial charge in [0.15, 0.2) is 9.84 Å². The van der Waals surface area contributed by atoms with Gasteiger partial charge in [-0.15, -0.1) is 0 Å². The van der Waals surface area contributed by atoms with Crippen LogP contribution in [0.5, 0.6) is 5.75 Å². The summed E-state index contributed by atoms with van der Waals surface area (Å²) >= 11 is 0. The third kappa shape index (κ3) is 2.03. The number of carbonyl (C=O) groups excluding carboxylic acids is 1. The van der Waals surface area contributed by atoms with Crippen molar-refractivity contribution in [3.63, 3.8) is 0 Å². The molecule has 2 aliphatic heterocycles. The predicted molar refractivity (Wildman–Crippen MR) is 70.2 cm³/mol. The molecule has 102 valence electrons. The molecule has 2 atom stereocenters. The lowest BCUT2D eigenvalue weighted by atomic mass is 10.1. The van der Waals surface area contributed by atoms with Gasteiger partial charge in [0.25, 0.3) is 0 Å². The molecule has 19 heavy (non-hydrogen) atoms. The molecule has 2 heterocycles. The number of hydrogen-bond donors (Lipinski definition) is 1. The van der Waals surface area contributed by atoms with Crippen LogP contribution in [0.4, 0.5) is 10.5 Å². The molecule has 1 N–H and O–H groups in total. The molecule has 2 aliphatic rings. The van der Waals surface area contributed by atoms with Crippen LogP contribution in [-0.4, -0.2) is 45.1 Å². The average molecular weight is 282 g/mol. The summed E-state index contributed by atoms with van der Waals surface area (Å²) in [5.41, 5.74) is 0.654. The van der Waals surface area contributed by atoms with Crippen molar-refractivity contribution in [3.8, 4) is 5.75 Å². The van der Waals surface area contributed by atoms with Crippen LogP contribution in [-0.2, 0) is 9.84 Å². The minimum absolute atomic E-state index is 0.00756. The maximum absolute atomic E-state index is 12.0.